The number of hydrogen-bond acceptors (Lipinski definition) is 4. The Balaban J connectivity index is 3.08. The third-order valence-electron chi connectivity index (χ3n) is 3.05. The Morgan fingerprint density at radius 3 is 2.41 bits per heavy atom. The van der Waals surface area contributed by atoms with Crippen molar-refractivity contribution in [3.05, 3.63) is 18.0 Å². The number of hydrogen-bond donors (Lipinski definition) is 3. The number of carboxylic acids is 1. The van der Waals surface area contributed by atoms with Gasteiger partial charge in [-0.2, -0.15) is 4.72 Å². The fourth-order valence-corrected chi connectivity index (χ4v) is 3.23. The van der Waals surface area contributed by atoms with E-state index in [0.29, 0.717) is 0 Å². The highest BCUT2D eigenvalue weighted by atomic mass is 32.2. The number of aliphatic carboxylic acids is 1. The lowest BCUT2D eigenvalue weighted by Gasteiger charge is -2.15. The molecular weight excluding hydrogens is 310 g/mol. The predicted molar refractivity (Wildman–Crippen MR) is 80.0 cm³/mol. The maximum atomic E-state index is 12.3. The largest absolute Gasteiger partial charge is 0.480 e. The molecule has 0 aliphatic heterocycles. The molecule has 22 heavy (non-hydrogen) atoms. The molecule has 1 aromatic rings. The van der Waals surface area contributed by atoms with Crippen LogP contribution in [-0.2, 0) is 21.9 Å². The molecule has 0 unspecified atom stereocenters. The molecule has 1 atom stereocenters. The Kier molecular flexibility index (Phi) is 5.72. The van der Waals surface area contributed by atoms with Gasteiger partial charge in [-0.25, -0.2) is 8.42 Å². The van der Waals surface area contributed by atoms with Gasteiger partial charge in [-0.3, -0.25) is 9.59 Å². The first-order valence-corrected chi connectivity index (χ1v) is 8.20. The molecule has 0 aliphatic rings. The van der Waals surface area contributed by atoms with Crippen LogP contribution in [0.2, 0.25) is 0 Å². The first kappa shape index (κ1) is 18.2. The molecule has 124 valence electrons. The maximum Gasteiger partial charge on any atom is 0.321 e. The number of aromatic nitrogens is 1. The second kappa shape index (κ2) is 6.93. The highest BCUT2D eigenvalue weighted by Gasteiger charge is 2.27. The number of aryl methyl sites for hydroxylation is 1. The summed E-state index contributed by atoms with van der Waals surface area (Å²) in [4.78, 5) is 22.6. The monoisotopic (exact) mass is 331 g/mol. The molecule has 1 rings (SSSR count). The summed E-state index contributed by atoms with van der Waals surface area (Å²) in [6.07, 6.45) is 1.44. The molecule has 1 heterocycles. The zero-order valence-corrected chi connectivity index (χ0v) is 13.8. The lowest BCUT2D eigenvalue weighted by atomic mass is 10.1. The summed E-state index contributed by atoms with van der Waals surface area (Å²) in [7, 11) is -1.06. The number of nitrogens with one attached hydrogen (secondary N) is 2. The van der Waals surface area contributed by atoms with Crippen molar-refractivity contribution in [3.63, 3.8) is 0 Å². The zero-order chi connectivity index (χ0) is 17.1. The van der Waals surface area contributed by atoms with Crippen LogP contribution in [0.1, 0.15) is 30.8 Å². The molecule has 0 spiro atoms. The summed E-state index contributed by atoms with van der Waals surface area (Å²) >= 11 is 0. The van der Waals surface area contributed by atoms with Crippen molar-refractivity contribution in [3.8, 4) is 0 Å². The van der Waals surface area contributed by atoms with E-state index in [1.165, 1.54) is 30.9 Å². The number of nitrogens with zero attached hydrogens (tertiary/aromatic N) is 1. The minimum atomic E-state index is -4.03. The molecule has 0 saturated heterocycles. The molecule has 3 N–H and O–H groups in total. The smallest absolute Gasteiger partial charge is 0.321 e. The zero-order valence-electron chi connectivity index (χ0n) is 13.0. The summed E-state index contributed by atoms with van der Waals surface area (Å²) in [6, 6.07) is -0.0104. The first-order valence-electron chi connectivity index (χ1n) is 6.72. The topological polar surface area (TPSA) is 118 Å². The van der Waals surface area contributed by atoms with E-state index in [2.05, 4.69) is 10.0 Å². The van der Waals surface area contributed by atoms with Crippen molar-refractivity contribution >= 4 is 21.9 Å². The van der Waals surface area contributed by atoms with Gasteiger partial charge in [-0.05, 0) is 18.4 Å². The van der Waals surface area contributed by atoms with Gasteiger partial charge in [0.1, 0.15) is 16.6 Å². The molecule has 0 saturated carbocycles. The fourth-order valence-electron chi connectivity index (χ4n) is 1.96. The van der Waals surface area contributed by atoms with Crippen molar-refractivity contribution in [2.75, 3.05) is 7.05 Å². The van der Waals surface area contributed by atoms with E-state index >= 15 is 0 Å². The summed E-state index contributed by atoms with van der Waals surface area (Å²) in [5.41, 5.74) is 0.165. The SMILES string of the molecule is CNC(=O)c1cc(S(=O)(=O)N[C@H](CC(C)C)C(=O)O)cn1C. The van der Waals surface area contributed by atoms with Gasteiger partial charge in [0.25, 0.3) is 5.91 Å². The number of carbonyl (C=O) groups excluding carboxylic acids is 1. The number of carbonyl (C=O) groups is 2. The number of carboxylic acid groups (broad SMARTS) is 1. The summed E-state index contributed by atoms with van der Waals surface area (Å²) in [6.45, 7) is 3.60. The van der Waals surface area contributed by atoms with Crippen LogP contribution in [0, 0.1) is 5.92 Å². The van der Waals surface area contributed by atoms with Gasteiger partial charge in [0, 0.05) is 20.3 Å². The van der Waals surface area contributed by atoms with Crippen molar-refractivity contribution in [2.45, 2.75) is 31.2 Å². The van der Waals surface area contributed by atoms with Crippen LogP contribution in [0.25, 0.3) is 0 Å². The summed E-state index contributed by atoms with van der Waals surface area (Å²) < 4.78 is 28.1. The minimum Gasteiger partial charge on any atom is -0.480 e. The van der Waals surface area contributed by atoms with Crippen LogP contribution in [-0.4, -0.2) is 43.1 Å². The van der Waals surface area contributed by atoms with Crippen LogP contribution >= 0.6 is 0 Å². The fraction of sp³-hybridized carbons (Fsp3) is 0.538. The number of rotatable bonds is 7. The average Bonchev–Trinajstić information content (AvgIpc) is 2.79. The third-order valence-corrected chi connectivity index (χ3v) is 4.49. The summed E-state index contributed by atoms with van der Waals surface area (Å²) in [5, 5.41) is 11.5. The van der Waals surface area contributed by atoms with Gasteiger partial charge in [-0.15, -0.1) is 0 Å². The minimum absolute atomic E-state index is 0.0148. The van der Waals surface area contributed by atoms with Gasteiger partial charge in [0.15, 0.2) is 0 Å². The summed E-state index contributed by atoms with van der Waals surface area (Å²) in [5.74, 6) is -1.65. The molecule has 0 bridgehead atoms. The van der Waals surface area contributed by atoms with Crippen molar-refractivity contribution in [1.82, 2.24) is 14.6 Å². The second-order valence-electron chi connectivity index (χ2n) is 5.39. The van der Waals surface area contributed by atoms with Gasteiger partial charge in [0.2, 0.25) is 10.0 Å². The lowest BCUT2D eigenvalue weighted by Crippen LogP contribution is -2.41. The van der Waals surface area contributed by atoms with E-state index < -0.39 is 27.9 Å². The van der Waals surface area contributed by atoms with Gasteiger partial charge >= 0.3 is 5.97 Å². The normalized spacial score (nSPS) is 13.1. The number of amides is 1. The molecule has 0 aromatic carbocycles. The Bertz CT molecular complexity index is 663. The van der Waals surface area contributed by atoms with Crippen LogP contribution < -0.4 is 10.0 Å². The Hall–Kier alpha value is -1.87. The van der Waals surface area contributed by atoms with Gasteiger partial charge in [0.05, 0.1) is 0 Å². The molecule has 1 aromatic heterocycles. The lowest BCUT2D eigenvalue weighted by molar-refractivity contribution is -0.139. The second-order valence-corrected chi connectivity index (χ2v) is 7.11. The molecule has 0 fully saturated rings. The van der Waals surface area contributed by atoms with Gasteiger partial charge < -0.3 is 15.0 Å². The quantitative estimate of drug-likeness (QED) is 0.658. The van der Waals surface area contributed by atoms with Gasteiger partial charge in [-0.1, -0.05) is 13.8 Å². The molecule has 9 heteroatoms. The Labute approximate surface area is 129 Å². The van der Waals surface area contributed by atoms with Crippen molar-refractivity contribution in [1.29, 1.82) is 0 Å². The third kappa shape index (κ3) is 4.31. The molecule has 1 amide bonds. The van der Waals surface area contributed by atoms with Crippen LogP contribution in [0.4, 0.5) is 0 Å². The predicted octanol–water partition coefficient (Wildman–Crippen LogP) is 0.162. The van der Waals surface area contributed by atoms with Crippen LogP contribution in [0.3, 0.4) is 0 Å². The van der Waals surface area contributed by atoms with E-state index in [9.17, 15) is 18.0 Å². The molecule has 0 aliphatic carbocycles. The van der Waals surface area contributed by atoms with E-state index in [1.807, 2.05) is 0 Å². The Morgan fingerprint density at radius 2 is 1.95 bits per heavy atom. The molecular formula is C13H21N3O5S. The van der Waals surface area contributed by atoms with E-state index in [1.54, 1.807) is 13.8 Å². The van der Waals surface area contributed by atoms with Crippen LogP contribution in [0.15, 0.2) is 17.2 Å². The van der Waals surface area contributed by atoms with E-state index in [4.69, 9.17) is 5.11 Å². The molecule has 0 radical (unpaired) electrons. The van der Waals surface area contributed by atoms with Crippen molar-refractivity contribution in [2.24, 2.45) is 13.0 Å². The van der Waals surface area contributed by atoms with Crippen LogP contribution in [0.5, 0.6) is 0 Å². The number of sulfonamides is 1. The van der Waals surface area contributed by atoms with E-state index in [0.717, 1.165) is 0 Å². The highest BCUT2D eigenvalue weighted by Crippen LogP contribution is 2.15. The Morgan fingerprint density at radius 1 is 1.36 bits per heavy atom. The average molecular weight is 331 g/mol. The highest BCUT2D eigenvalue weighted by molar-refractivity contribution is 7.89. The van der Waals surface area contributed by atoms with E-state index in [-0.39, 0.29) is 22.9 Å². The van der Waals surface area contributed by atoms with Crippen molar-refractivity contribution < 1.29 is 23.1 Å². The standard InChI is InChI=1S/C13H21N3O5S/c1-8(2)5-10(13(18)19)15-22(20,21)9-6-11(12(17)14-3)16(4)7-9/h6-8,10,15H,5H2,1-4H3,(H,14,17)(H,18,19)/t10-/m1/s1. The first-order chi connectivity index (χ1) is 10.1. The maximum absolute atomic E-state index is 12.3. The molecule has 8 nitrogen and oxygen atoms in total.